The summed E-state index contributed by atoms with van der Waals surface area (Å²) in [5, 5.41) is 3.27. The van der Waals surface area contributed by atoms with Crippen molar-refractivity contribution in [2.75, 3.05) is 11.1 Å². The Bertz CT molecular complexity index is 636. The third-order valence-electron chi connectivity index (χ3n) is 3.20. The highest BCUT2D eigenvalue weighted by Gasteiger charge is 2.07. The van der Waals surface area contributed by atoms with Gasteiger partial charge in [0, 0.05) is 24.3 Å². The zero-order valence-electron chi connectivity index (χ0n) is 11.5. The van der Waals surface area contributed by atoms with E-state index in [1.165, 1.54) is 0 Å². The number of nitrogens with two attached hydrogens (primary N) is 1. The number of nitrogens with zero attached hydrogens (tertiary/aromatic N) is 2. The van der Waals surface area contributed by atoms with Crippen LogP contribution in [0.15, 0.2) is 24.5 Å². The van der Waals surface area contributed by atoms with Gasteiger partial charge in [-0.05, 0) is 32.0 Å². The highest BCUT2D eigenvalue weighted by molar-refractivity contribution is 6.33. The van der Waals surface area contributed by atoms with Crippen molar-refractivity contribution in [1.29, 1.82) is 0 Å². The lowest BCUT2D eigenvalue weighted by molar-refractivity contribution is -0.116. The lowest BCUT2D eigenvalue weighted by Crippen LogP contribution is -2.14. The molecule has 3 N–H and O–H groups in total. The quantitative estimate of drug-likeness (QED) is 0.851. The molecule has 106 valence electrons. The Hall–Kier alpha value is -2.01. The first-order chi connectivity index (χ1) is 9.47. The number of carbonyl (C=O) groups excluding carboxylic acids is 1. The zero-order valence-corrected chi connectivity index (χ0v) is 12.2. The molecule has 1 heterocycles. The van der Waals surface area contributed by atoms with Gasteiger partial charge in [0.2, 0.25) is 5.91 Å². The van der Waals surface area contributed by atoms with Crippen molar-refractivity contribution in [2.24, 2.45) is 0 Å². The van der Waals surface area contributed by atoms with Gasteiger partial charge in [-0.15, -0.1) is 0 Å². The summed E-state index contributed by atoms with van der Waals surface area (Å²) in [5.74, 6) is -0.0718. The van der Waals surface area contributed by atoms with Crippen molar-refractivity contribution in [2.45, 2.75) is 26.8 Å². The van der Waals surface area contributed by atoms with Gasteiger partial charge >= 0.3 is 0 Å². The van der Waals surface area contributed by atoms with Gasteiger partial charge in [0.25, 0.3) is 0 Å². The maximum absolute atomic E-state index is 11.9. The van der Waals surface area contributed by atoms with E-state index in [0.29, 0.717) is 29.4 Å². The molecule has 5 nitrogen and oxygen atoms in total. The Kier molecular flexibility index (Phi) is 4.29. The first kappa shape index (κ1) is 14.4. The van der Waals surface area contributed by atoms with Crippen molar-refractivity contribution in [1.82, 2.24) is 9.55 Å². The van der Waals surface area contributed by atoms with E-state index in [-0.39, 0.29) is 5.91 Å². The average molecular weight is 293 g/mol. The Morgan fingerprint density at radius 1 is 1.45 bits per heavy atom. The molecule has 1 aromatic heterocycles. The van der Waals surface area contributed by atoms with Crippen LogP contribution in [-0.4, -0.2) is 15.5 Å². The van der Waals surface area contributed by atoms with E-state index in [1.807, 2.05) is 18.4 Å². The summed E-state index contributed by atoms with van der Waals surface area (Å²) >= 11 is 5.83. The van der Waals surface area contributed by atoms with Gasteiger partial charge < -0.3 is 15.6 Å². The number of aromatic nitrogens is 2. The van der Waals surface area contributed by atoms with Crippen LogP contribution in [0.5, 0.6) is 0 Å². The summed E-state index contributed by atoms with van der Waals surface area (Å²) in [5.41, 5.74) is 8.85. The molecule has 0 unspecified atom stereocenters. The molecule has 6 heteroatoms. The molecule has 0 fully saturated rings. The van der Waals surface area contributed by atoms with E-state index in [2.05, 4.69) is 10.3 Å². The molecule has 0 aliphatic heterocycles. The van der Waals surface area contributed by atoms with Crippen molar-refractivity contribution >= 4 is 28.9 Å². The fourth-order valence-electron chi connectivity index (χ4n) is 1.84. The number of carbonyl (C=O) groups is 1. The molecule has 0 radical (unpaired) electrons. The summed E-state index contributed by atoms with van der Waals surface area (Å²) in [6.45, 7) is 4.53. The number of nitrogens with one attached hydrogen (secondary N) is 1. The molecule has 1 amide bonds. The maximum Gasteiger partial charge on any atom is 0.226 e. The van der Waals surface area contributed by atoms with Gasteiger partial charge in [0.1, 0.15) is 0 Å². The molecule has 0 saturated heterocycles. The predicted octanol–water partition coefficient (Wildman–Crippen LogP) is 2.76. The molecule has 0 saturated carbocycles. The Balaban J connectivity index is 1.92. The van der Waals surface area contributed by atoms with E-state index >= 15 is 0 Å². The Morgan fingerprint density at radius 3 is 2.80 bits per heavy atom. The molecule has 2 aromatic rings. The van der Waals surface area contributed by atoms with Crippen LogP contribution < -0.4 is 11.1 Å². The lowest BCUT2D eigenvalue weighted by Gasteiger charge is -2.08. The normalized spacial score (nSPS) is 10.6. The summed E-state index contributed by atoms with van der Waals surface area (Å²) in [7, 11) is 0. The summed E-state index contributed by atoms with van der Waals surface area (Å²) in [4.78, 5) is 16.1. The van der Waals surface area contributed by atoms with Gasteiger partial charge in [0.05, 0.1) is 22.7 Å². The number of hydrogen-bond acceptors (Lipinski definition) is 3. The van der Waals surface area contributed by atoms with Crippen LogP contribution in [0.4, 0.5) is 11.4 Å². The van der Waals surface area contributed by atoms with Crippen LogP contribution in [0.2, 0.25) is 5.02 Å². The molecular weight excluding hydrogens is 276 g/mol. The SMILES string of the molecule is Cc1ncn(CCC(=O)Nc2ccc(Cl)c(N)c2)c1C. The van der Waals surface area contributed by atoms with E-state index in [9.17, 15) is 4.79 Å². The van der Waals surface area contributed by atoms with Gasteiger partial charge in [-0.25, -0.2) is 4.98 Å². The maximum atomic E-state index is 11.9. The molecule has 1 aromatic carbocycles. The van der Waals surface area contributed by atoms with Gasteiger partial charge in [-0.2, -0.15) is 0 Å². The Labute approximate surface area is 122 Å². The first-order valence-electron chi connectivity index (χ1n) is 6.30. The van der Waals surface area contributed by atoms with Crippen LogP contribution in [0, 0.1) is 13.8 Å². The number of benzene rings is 1. The van der Waals surface area contributed by atoms with E-state index in [1.54, 1.807) is 24.5 Å². The number of nitrogen functional groups attached to an aromatic ring is 1. The van der Waals surface area contributed by atoms with Gasteiger partial charge in [-0.3, -0.25) is 4.79 Å². The van der Waals surface area contributed by atoms with Gasteiger partial charge in [-0.1, -0.05) is 11.6 Å². The second-order valence-corrected chi connectivity index (χ2v) is 5.05. The van der Waals surface area contributed by atoms with Crippen molar-refractivity contribution < 1.29 is 4.79 Å². The predicted molar refractivity (Wildman–Crippen MR) is 80.8 cm³/mol. The molecule has 0 atom stereocenters. The van der Waals surface area contributed by atoms with Crippen LogP contribution in [0.25, 0.3) is 0 Å². The fourth-order valence-corrected chi connectivity index (χ4v) is 1.95. The largest absolute Gasteiger partial charge is 0.397 e. The molecule has 0 aliphatic rings. The number of anilines is 2. The topological polar surface area (TPSA) is 72.9 Å². The third-order valence-corrected chi connectivity index (χ3v) is 3.55. The number of imidazole rings is 1. The molecule has 0 spiro atoms. The molecular formula is C14H17ClN4O. The summed E-state index contributed by atoms with van der Waals surface area (Å²) < 4.78 is 1.96. The van der Waals surface area contributed by atoms with Gasteiger partial charge in [0.15, 0.2) is 0 Å². The third kappa shape index (κ3) is 3.30. The molecule has 20 heavy (non-hydrogen) atoms. The van der Waals surface area contributed by atoms with Crippen LogP contribution in [-0.2, 0) is 11.3 Å². The fraction of sp³-hybridized carbons (Fsp3) is 0.286. The highest BCUT2D eigenvalue weighted by atomic mass is 35.5. The second kappa shape index (κ2) is 5.96. The lowest BCUT2D eigenvalue weighted by atomic mass is 10.2. The van der Waals surface area contributed by atoms with E-state index in [0.717, 1.165) is 11.4 Å². The van der Waals surface area contributed by atoms with Crippen LogP contribution >= 0.6 is 11.6 Å². The Morgan fingerprint density at radius 2 is 2.20 bits per heavy atom. The number of rotatable bonds is 4. The summed E-state index contributed by atoms with van der Waals surface area (Å²) in [6, 6.07) is 5.03. The minimum atomic E-state index is -0.0718. The monoisotopic (exact) mass is 292 g/mol. The van der Waals surface area contributed by atoms with Crippen LogP contribution in [0.3, 0.4) is 0 Å². The first-order valence-corrected chi connectivity index (χ1v) is 6.68. The molecule has 0 bridgehead atoms. The number of amides is 1. The minimum absolute atomic E-state index is 0.0718. The standard InChI is InChI=1S/C14H17ClN4O/c1-9-10(2)19(8-17-9)6-5-14(20)18-11-3-4-12(15)13(16)7-11/h3-4,7-8H,5-6,16H2,1-2H3,(H,18,20). The van der Waals surface area contributed by atoms with Crippen LogP contribution in [0.1, 0.15) is 17.8 Å². The number of hydrogen-bond donors (Lipinski definition) is 2. The number of halogens is 1. The van der Waals surface area contributed by atoms with E-state index in [4.69, 9.17) is 17.3 Å². The second-order valence-electron chi connectivity index (χ2n) is 4.64. The zero-order chi connectivity index (χ0) is 14.7. The smallest absolute Gasteiger partial charge is 0.226 e. The summed E-state index contributed by atoms with van der Waals surface area (Å²) in [6.07, 6.45) is 2.12. The average Bonchev–Trinajstić information content (AvgIpc) is 2.72. The minimum Gasteiger partial charge on any atom is -0.397 e. The van der Waals surface area contributed by atoms with Crippen molar-refractivity contribution in [3.63, 3.8) is 0 Å². The van der Waals surface area contributed by atoms with E-state index < -0.39 is 0 Å². The van der Waals surface area contributed by atoms with Crippen molar-refractivity contribution in [3.05, 3.63) is 40.9 Å². The van der Waals surface area contributed by atoms with Crippen molar-refractivity contribution in [3.8, 4) is 0 Å². The number of aryl methyl sites for hydroxylation is 2. The molecule has 0 aliphatic carbocycles. The molecule has 2 rings (SSSR count). The highest BCUT2D eigenvalue weighted by Crippen LogP contribution is 2.22.